The molecule has 1 fully saturated rings. The van der Waals surface area contributed by atoms with E-state index < -0.39 is 0 Å². The van der Waals surface area contributed by atoms with Crippen LogP contribution in [0.4, 0.5) is 5.82 Å². The second kappa shape index (κ2) is 12.8. The van der Waals surface area contributed by atoms with E-state index in [4.69, 9.17) is 13.8 Å². The van der Waals surface area contributed by atoms with E-state index in [9.17, 15) is 9.59 Å². The van der Waals surface area contributed by atoms with Crippen LogP contribution >= 0.6 is 18.9 Å². The third-order valence-electron chi connectivity index (χ3n) is 6.17. The number of anilines is 1. The van der Waals surface area contributed by atoms with Crippen molar-refractivity contribution < 1.29 is 23.4 Å². The molecule has 1 aliphatic heterocycles. The molecule has 2 amide bonds. The van der Waals surface area contributed by atoms with Gasteiger partial charge in [0.05, 0.1) is 19.0 Å². The Hall–Kier alpha value is -2.55. The van der Waals surface area contributed by atoms with Crippen molar-refractivity contribution in [2.24, 2.45) is 5.92 Å². The van der Waals surface area contributed by atoms with E-state index in [2.05, 4.69) is 58.4 Å². The molecule has 4 rings (SSSR count). The molecule has 0 aliphatic carbocycles. The number of rotatable bonds is 11. The molecule has 0 radical (unpaired) electrons. The lowest BCUT2D eigenvalue weighted by atomic mass is 10.1. The minimum Gasteiger partial charge on any atom is -0.363 e. The average molecular weight is 547 g/mol. The van der Waals surface area contributed by atoms with Gasteiger partial charge in [-0.05, 0) is 30.0 Å². The lowest BCUT2D eigenvalue weighted by Gasteiger charge is -2.15. The van der Waals surface area contributed by atoms with E-state index in [0.29, 0.717) is 54.5 Å². The Morgan fingerprint density at radius 3 is 2.68 bits per heavy atom. The molecule has 2 aromatic heterocycles. The van der Waals surface area contributed by atoms with Crippen LogP contribution in [0, 0.1) is 5.92 Å². The van der Waals surface area contributed by atoms with Crippen LogP contribution in [0.1, 0.15) is 55.3 Å². The summed E-state index contributed by atoms with van der Waals surface area (Å²) in [7, 11) is 4.49. The maximum Gasteiger partial charge on any atom is 0.256 e. The van der Waals surface area contributed by atoms with E-state index in [-0.39, 0.29) is 30.3 Å². The zero-order valence-electron chi connectivity index (χ0n) is 20.8. The van der Waals surface area contributed by atoms with Gasteiger partial charge in [0.1, 0.15) is 18.7 Å². The Kier molecular flexibility index (Phi) is 9.51. The van der Waals surface area contributed by atoms with Crippen LogP contribution in [0.3, 0.4) is 0 Å². The predicted molar refractivity (Wildman–Crippen MR) is 144 cm³/mol. The molecule has 37 heavy (non-hydrogen) atoms. The molecule has 0 spiro atoms. The van der Waals surface area contributed by atoms with Crippen LogP contribution < -0.4 is 10.6 Å². The molecule has 1 saturated heterocycles. The van der Waals surface area contributed by atoms with Gasteiger partial charge in [0.25, 0.3) is 5.91 Å². The molecular weight excluding hydrogens is 514 g/mol. The molecule has 0 bridgehead atoms. The zero-order valence-corrected chi connectivity index (χ0v) is 23.1. The first-order valence-electron chi connectivity index (χ1n) is 12.1. The summed E-state index contributed by atoms with van der Waals surface area (Å²) in [5.74, 6) is 0.486. The van der Waals surface area contributed by atoms with E-state index >= 15 is 0 Å². The molecule has 5 atom stereocenters. The van der Waals surface area contributed by atoms with Crippen LogP contribution in [0.5, 0.6) is 0 Å². The highest BCUT2D eigenvalue weighted by Crippen LogP contribution is 2.34. The minimum absolute atomic E-state index is 0.0237. The van der Waals surface area contributed by atoms with E-state index in [0.717, 1.165) is 12.0 Å². The van der Waals surface area contributed by atoms with E-state index in [1.807, 2.05) is 12.1 Å². The molecule has 1 aromatic carbocycles. The normalized spacial score (nSPS) is 19.4. The number of hydrogen-bond acceptors (Lipinski definition) is 8. The summed E-state index contributed by atoms with van der Waals surface area (Å²) >= 11 is 0. The Morgan fingerprint density at radius 1 is 1.19 bits per heavy atom. The quantitative estimate of drug-likeness (QED) is 0.350. The summed E-state index contributed by atoms with van der Waals surface area (Å²) in [6.07, 6.45) is 4.19. The molecule has 2 N–H and O–H groups in total. The second-order valence-corrected chi connectivity index (χ2v) is 9.88. The van der Waals surface area contributed by atoms with Gasteiger partial charge >= 0.3 is 0 Å². The van der Waals surface area contributed by atoms with Crippen LogP contribution in [-0.4, -0.2) is 50.1 Å². The SMILES string of the molecule is CC(C)CCC(=O)NCc1ccc(C(=O)Nc2ncnc3c2ncn3[C@H]2C[C@@H](OP)[C@@H](COP)O2)cc1. The van der Waals surface area contributed by atoms with Gasteiger partial charge < -0.3 is 24.4 Å². The molecule has 13 heteroatoms. The Morgan fingerprint density at radius 2 is 1.97 bits per heavy atom. The number of nitrogens with zero attached hydrogens (tertiary/aromatic N) is 4. The van der Waals surface area contributed by atoms with Gasteiger partial charge in [0.2, 0.25) is 5.91 Å². The highest BCUT2D eigenvalue weighted by molar-refractivity contribution is 7.10. The zero-order chi connectivity index (χ0) is 26.4. The largest absolute Gasteiger partial charge is 0.363 e. The van der Waals surface area contributed by atoms with Gasteiger partial charge in [-0.2, -0.15) is 0 Å². The Balaban J connectivity index is 1.40. The van der Waals surface area contributed by atoms with Crippen LogP contribution in [0.15, 0.2) is 36.9 Å². The monoisotopic (exact) mass is 546 g/mol. The number of amides is 2. The maximum absolute atomic E-state index is 12.9. The number of hydrogen-bond donors (Lipinski definition) is 2. The number of carbonyl (C=O) groups is 2. The van der Waals surface area contributed by atoms with Crippen molar-refractivity contribution in [3.05, 3.63) is 48.0 Å². The van der Waals surface area contributed by atoms with Crippen molar-refractivity contribution in [3.63, 3.8) is 0 Å². The van der Waals surface area contributed by atoms with E-state index in [1.165, 1.54) is 6.33 Å². The maximum atomic E-state index is 12.9. The van der Waals surface area contributed by atoms with Gasteiger partial charge in [0.15, 0.2) is 17.0 Å². The number of imidazole rings is 1. The number of ether oxygens (including phenoxy) is 1. The molecule has 2 unspecified atom stereocenters. The Labute approximate surface area is 220 Å². The lowest BCUT2D eigenvalue weighted by molar-refractivity contribution is -0.121. The van der Waals surface area contributed by atoms with Crippen molar-refractivity contribution >= 4 is 47.7 Å². The summed E-state index contributed by atoms with van der Waals surface area (Å²) in [5.41, 5.74) is 2.36. The summed E-state index contributed by atoms with van der Waals surface area (Å²) in [6.45, 7) is 4.96. The number of aromatic nitrogens is 4. The second-order valence-electron chi connectivity index (χ2n) is 9.28. The highest BCUT2D eigenvalue weighted by Gasteiger charge is 2.37. The molecule has 198 valence electrons. The number of nitrogens with one attached hydrogen (secondary N) is 2. The Bertz CT molecular complexity index is 1220. The van der Waals surface area contributed by atoms with Gasteiger partial charge in [-0.25, -0.2) is 15.0 Å². The molecule has 11 nitrogen and oxygen atoms in total. The summed E-state index contributed by atoms with van der Waals surface area (Å²) < 4.78 is 18.5. The van der Waals surface area contributed by atoms with Crippen molar-refractivity contribution in [3.8, 4) is 0 Å². The summed E-state index contributed by atoms with van der Waals surface area (Å²) in [4.78, 5) is 37.9. The fourth-order valence-electron chi connectivity index (χ4n) is 4.08. The van der Waals surface area contributed by atoms with Crippen LogP contribution in [0.2, 0.25) is 0 Å². The molecule has 3 aromatic rings. The van der Waals surface area contributed by atoms with Gasteiger partial charge in [-0.15, -0.1) is 0 Å². The predicted octanol–water partition coefficient (Wildman–Crippen LogP) is 3.40. The first-order chi connectivity index (χ1) is 17.9. The first-order valence-corrected chi connectivity index (χ1v) is 13.0. The standard InChI is InChI=1S/C24H32N6O5P2/c1-14(2)3-8-19(31)25-10-15-4-6-16(7-5-15)24(32)29-22-21-23(27-12-26-22)30(13-28-21)20-9-17(35-37)18(34-20)11-33-36/h4-7,12-14,17-18,20H,3,8-11,36-37H2,1-2H3,(H,25,31)(H,26,27,29,32)/t17-,18-,20-/m1/s1. The molecular formula is C24H32N6O5P2. The van der Waals surface area contributed by atoms with Crippen LogP contribution in [0.25, 0.3) is 11.2 Å². The first kappa shape index (κ1) is 27.5. The van der Waals surface area contributed by atoms with Gasteiger partial charge in [-0.1, -0.05) is 26.0 Å². The number of carbonyl (C=O) groups excluding carboxylic acids is 2. The minimum atomic E-state index is -0.349. The van der Waals surface area contributed by atoms with Crippen LogP contribution in [-0.2, 0) is 25.1 Å². The average Bonchev–Trinajstić information content (AvgIpc) is 3.51. The van der Waals surface area contributed by atoms with Gasteiger partial charge in [0, 0.05) is 43.9 Å². The van der Waals surface area contributed by atoms with Crippen molar-refractivity contribution in [1.82, 2.24) is 24.8 Å². The molecule has 0 saturated carbocycles. The topological polar surface area (TPSA) is 129 Å². The number of fused-ring (bicyclic) bond motifs is 1. The van der Waals surface area contributed by atoms with Gasteiger partial charge in [-0.3, -0.25) is 14.2 Å². The molecule has 1 aliphatic rings. The smallest absolute Gasteiger partial charge is 0.256 e. The van der Waals surface area contributed by atoms with E-state index in [1.54, 1.807) is 23.0 Å². The summed E-state index contributed by atoms with van der Waals surface area (Å²) in [5, 5.41) is 5.73. The molecule has 3 heterocycles. The third-order valence-corrected chi connectivity index (χ3v) is 6.71. The van der Waals surface area contributed by atoms with Crippen molar-refractivity contribution in [2.75, 3.05) is 11.9 Å². The third kappa shape index (κ3) is 6.86. The summed E-state index contributed by atoms with van der Waals surface area (Å²) in [6, 6.07) is 7.06. The number of benzene rings is 1. The fourth-order valence-corrected chi connectivity index (χ4v) is 4.55. The fraction of sp³-hybridized carbons (Fsp3) is 0.458. The lowest BCUT2D eigenvalue weighted by Crippen LogP contribution is -2.25. The van der Waals surface area contributed by atoms with Crippen molar-refractivity contribution in [2.45, 2.75) is 58.1 Å². The van der Waals surface area contributed by atoms with Crippen molar-refractivity contribution in [1.29, 1.82) is 0 Å². The highest BCUT2D eigenvalue weighted by atomic mass is 31.0.